The van der Waals surface area contributed by atoms with E-state index < -0.39 is 0 Å². The van der Waals surface area contributed by atoms with Crippen LogP contribution in [0.25, 0.3) is 10.8 Å². The molecule has 2 aromatic rings. The van der Waals surface area contributed by atoms with Crippen LogP contribution in [0.3, 0.4) is 0 Å². The van der Waals surface area contributed by atoms with Crippen LogP contribution in [0.2, 0.25) is 0 Å². The number of rotatable bonds is 7. The van der Waals surface area contributed by atoms with Crippen molar-refractivity contribution in [2.24, 2.45) is 0 Å². The second-order valence-electron chi connectivity index (χ2n) is 5.03. The Kier molecular flexibility index (Phi) is 5.39. The zero-order chi connectivity index (χ0) is 14.4. The van der Waals surface area contributed by atoms with Crippen molar-refractivity contribution in [3.05, 3.63) is 42.5 Å². The quantitative estimate of drug-likeness (QED) is 0.813. The Balaban J connectivity index is 2.21. The van der Waals surface area contributed by atoms with Gasteiger partial charge in [-0.25, -0.2) is 0 Å². The Bertz CT molecular complexity index is 532. The zero-order valence-electron chi connectivity index (χ0n) is 12.3. The molecule has 0 saturated carbocycles. The van der Waals surface area contributed by atoms with Crippen molar-refractivity contribution in [3.63, 3.8) is 0 Å². The summed E-state index contributed by atoms with van der Waals surface area (Å²) < 4.78 is 0. The monoisotopic (exact) mass is 272 g/mol. The summed E-state index contributed by atoms with van der Waals surface area (Å²) in [5, 5.41) is 15.0. The molecule has 0 spiro atoms. The average molecular weight is 272 g/mol. The highest BCUT2D eigenvalue weighted by atomic mass is 16.3. The molecule has 0 radical (unpaired) electrons. The lowest BCUT2D eigenvalue weighted by Gasteiger charge is -2.26. The van der Waals surface area contributed by atoms with Crippen LogP contribution < -0.4 is 10.2 Å². The Hall–Kier alpha value is -1.58. The standard InChI is InChI=1S/C17H24N2O/c1-3-19(12-11-15(13-20)18-2)17-10-6-8-14-7-4-5-9-16(14)17/h4-10,15,18,20H,3,11-13H2,1-2H3. The van der Waals surface area contributed by atoms with Gasteiger partial charge < -0.3 is 15.3 Å². The number of likely N-dealkylation sites (N-methyl/N-ethyl adjacent to an activating group) is 1. The van der Waals surface area contributed by atoms with Gasteiger partial charge in [-0.05, 0) is 31.8 Å². The molecule has 0 aliphatic carbocycles. The highest BCUT2D eigenvalue weighted by Gasteiger charge is 2.11. The van der Waals surface area contributed by atoms with Crippen LogP contribution in [0.1, 0.15) is 13.3 Å². The number of hydrogen-bond donors (Lipinski definition) is 2. The lowest BCUT2D eigenvalue weighted by Crippen LogP contribution is -2.34. The SMILES string of the molecule is CCN(CCC(CO)NC)c1cccc2ccccc12. The van der Waals surface area contributed by atoms with Gasteiger partial charge >= 0.3 is 0 Å². The van der Waals surface area contributed by atoms with Crippen LogP contribution in [0.4, 0.5) is 5.69 Å². The van der Waals surface area contributed by atoms with E-state index in [-0.39, 0.29) is 12.6 Å². The smallest absolute Gasteiger partial charge is 0.0585 e. The summed E-state index contributed by atoms with van der Waals surface area (Å²) in [6.45, 7) is 4.27. The molecule has 3 nitrogen and oxygen atoms in total. The van der Waals surface area contributed by atoms with Gasteiger partial charge in [-0.3, -0.25) is 0 Å². The van der Waals surface area contributed by atoms with Crippen molar-refractivity contribution in [2.45, 2.75) is 19.4 Å². The van der Waals surface area contributed by atoms with Crippen molar-refractivity contribution < 1.29 is 5.11 Å². The Labute approximate surface area is 121 Å². The van der Waals surface area contributed by atoms with Gasteiger partial charge in [0.25, 0.3) is 0 Å². The van der Waals surface area contributed by atoms with Gasteiger partial charge in [0.05, 0.1) is 6.61 Å². The average Bonchev–Trinajstić information content (AvgIpc) is 2.51. The molecule has 1 atom stereocenters. The minimum atomic E-state index is 0.166. The van der Waals surface area contributed by atoms with Crippen LogP contribution >= 0.6 is 0 Å². The third-order valence-corrected chi connectivity index (χ3v) is 3.87. The maximum atomic E-state index is 9.27. The lowest BCUT2D eigenvalue weighted by atomic mass is 10.1. The zero-order valence-corrected chi connectivity index (χ0v) is 12.3. The van der Waals surface area contributed by atoms with E-state index in [1.807, 2.05) is 7.05 Å². The number of anilines is 1. The second-order valence-corrected chi connectivity index (χ2v) is 5.03. The first kappa shape index (κ1) is 14.8. The molecule has 0 heterocycles. The number of aliphatic hydroxyl groups excluding tert-OH is 1. The van der Waals surface area contributed by atoms with Gasteiger partial charge in [0.1, 0.15) is 0 Å². The van der Waals surface area contributed by atoms with Crippen molar-refractivity contribution in [2.75, 3.05) is 31.6 Å². The molecule has 0 aliphatic rings. The third-order valence-electron chi connectivity index (χ3n) is 3.87. The molecule has 0 bridgehead atoms. The lowest BCUT2D eigenvalue weighted by molar-refractivity contribution is 0.243. The van der Waals surface area contributed by atoms with Gasteiger partial charge in [0.15, 0.2) is 0 Å². The summed E-state index contributed by atoms with van der Waals surface area (Å²) in [5.74, 6) is 0. The maximum absolute atomic E-state index is 9.27. The predicted molar refractivity (Wildman–Crippen MR) is 86.4 cm³/mol. The third kappa shape index (κ3) is 3.30. The predicted octanol–water partition coefficient (Wildman–Crippen LogP) is 2.64. The van der Waals surface area contributed by atoms with Crippen molar-refractivity contribution in [1.29, 1.82) is 0 Å². The molecule has 2 aromatic carbocycles. The number of aliphatic hydroxyl groups is 1. The largest absolute Gasteiger partial charge is 0.395 e. The fourth-order valence-electron chi connectivity index (χ4n) is 2.57. The summed E-state index contributed by atoms with van der Waals surface area (Å²) in [4.78, 5) is 2.38. The van der Waals surface area contributed by atoms with Crippen molar-refractivity contribution >= 4 is 16.5 Å². The van der Waals surface area contributed by atoms with E-state index in [2.05, 4.69) is 59.6 Å². The van der Waals surface area contributed by atoms with Crippen LogP contribution in [-0.2, 0) is 0 Å². The molecular formula is C17H24N2O. The first-order valence-electron chi connectivity index (χ1n) is 7.31. The fourth-order valence-corrected chi connectivity index (χ4v) is 2.57. The molecule has 0 fully saturated rings. The normalized spacial score (nSPS) is 12.6. The summed E-state index contributed by atoms with van der Waals surface area (Å²) in [7, 11) is 1.90. The molecule has 0 amide bonds. The summed E-state index contributed by atoms with van der Waals surface area (Å²) in [5.41, 5.74) is 1.28. The number of benzene rings is 2. The minimum Gasteiger partial charge on any atom is -0.395 e. The van der Waals surface area contributed by atoms with Gasteiger partial charge in [0, 0.05) is 30.2 Å². The van der Waals surface area contributed by atoms with E-state index >= 15 is 0 Å². The topological polar surface area (TPSA) is 35.5 Å². The van der Waals surface area contributed by atoms with Crippen molar-refractivity contribution in [1.82, 2.24) is 5.32 Å². The molecule has 20 heavy (non-hydrogen) atoms. The van der Waals surface area contributed by atoms with Crippen molar-refractivity contribution in [3.8, 4) is 0 Å². The molecule has 2 rings (SSSR count). The molecule has 2 N–H and O–H groups in total. The maximum Gasteiger partial charge on any atom is 0.0585 e. The Morgan fingerprint density at radius 1 is 1.15 bits per heavy atom. The van der Waals surface area contributed by atoms with E-state index in [0.717, 1.165) is 19.5 Å². The molecule has 108 valence electrons. The Morgan fingerprint density at radius 2 is 1.90 bits per heavy atom. The van der Waals surface area contributed by atoms with E-state index in [1.54, 1.807) is 0 Å². The van der Waals surface area contributed by atoms with E-state index in [9.17, 15) is 5.11 Å². The van der Waals surface area contributed by atoms with Crippen LogP contribution in [0.5, 0.6) is 0 Å². The molecule has 0 aliphatic heterocycles. The van der Waals surface area contributed by atoms with Gasteiger partial charge in [0.2, 0.25) is 0 Å². The first-order valence-corrected chi connectivity index (χ1v) is 7.31. The number of nitrogens with zero attached hydrogens (tertiary/aromatic N) is 1. The molecule has 1 unspecified atom stereocenters. The Morgan fingerprint density at radius 3 is 2.60 bits per heavy atom. The highest BCUT2D eigenvalue weighted by molar-refractivity contribution is 5.94. The fraction of sp³-hybridized carbons (Fsp3) is 0.412. The summed E-state index contributed by atoms with van der Waals surface area (Å²) in [6, 6.07) is 15.1. The molecule has 0 saturated heterocycles. The van der Waals surface area contributed by atoms with Gasteiger partial charge in [-0.1, -0.05) is 36.4 Å². The highest BCUT2D eigenvalue weighted by Crippen LogP contribution is 2.26. The van der Waals surface area contributed by atoms with E-state index in [4.69, 9.17) is 0 Å². The molecule has 0 aromatic heterocycles. The number of fused-ring (bicyclic) bond motifs is 1. The van der Waals surface area contributed by atoms with Gasteiger partial charge in [-0.15, -0.1) is 0 Å². The number of nitrogens with one attached hydrogen (secondary N) is 1. The van der Waals surface area contributed by atoms with Crippen LogP contribution in [-0.4, -0.2) is 37.9 Å². The van der Waals surface area contributed by atoms with Crippen LogP contribution in [0.15, 0.2) is 42.5 Å². The minimum absolute atomic E-state index is 0.166. The van der Waals surface area contributed by atoms with Gasteiger partial charge in [-0.2, -0.15) is 0 Å². The summed E-state index contributed by atoms with van der Waals surface area (Å²) >= 11 is 0. The molecule has 3 heteroatoms. The van der Waals surface area contributed by atoms with E-state index in [0.29, 0.717) is 0 Å². The van der Waals surface area contributed by atoms with E-state index in [1.165, 1.54) is 16.5 Å². The second kappa shape index (κ2) is 7.27. The first-order chi connectivity index (χ1) is 9.80. The number of hydrogen-bond acceptors (Lipinski definition) is 3. The van der Waals surface area contributed by atoms with Crippen LogP contribution in [0, 0.1) is 0 Å². The molecular weight excluding hydrogens is 248 g/mol. The summed E-state index contributed by atoms with van der Waals surface area (Å²) in [6.07, 6.45) is 0.935.